The van der Waals surface area contributed by atoms with Gasteiger partial charge in [0.2, 0.25) is 11.8 Å². The van der Waals surface area contributed by atoms with Gasteiger partial charge in [-0.3, -0.25) is 14.4 Å². The number of hydrogen-bond acceptors (Lipinski definition) is 13. The van der Waals surface area contributed by atoms with Crippen LogP contribution in [0.5, 0.6) is 0 Å². The van der Waals surface area contributed by atoms with E-state index in [1.807, 2.05) is 38.1 Å². The van der Waals surface area contributed by atoms with Crippen molar-refractivity contribution in [3.8, 4) is 0 Å². The summed E-state index contributed by atoms with van der Waals surface area (Å²) in [6, 6.07) is 6.70. The third-order valence-electron chi connectivity index (χ3n) is 8.92. The quantitative estimate of drug-likeness (QED) is 0.0597. The fourth-order valence-electron chi connectivity index (χ4n) is 5.79. The van der Waals surface area contributed by atoms with Gasteiger partial charge in [0, 0.05) is 43.6 Å². The predicted octanol–water partition coefficient (Wildman–Crippen LogP) is 3.51. The van der Waals surface area contributed by atoms with Crippen LogP contribution in [-0.2, 0) is 58.7 Å². The van der Waals surface area contributed by atoms with E-state index in [0.717, 1.165) is 13.0 Å². The van der Waals surface area contributed by atoms with Crippen molar-refractivity contribution in [1.82, 2.24) is 16.0 Å². The number of nitrogens with two attached hydrogens (primary N) is 1. The summed E-state index contributed by atoms with van der Waals surface area (Å²) in [5.41, 5.74) is 6.99. The summed E-state index contributed by atoms with van der Waals surface area (Å²) in [6.07, 6.45) is 1.72. The van der Waals surface area contributed by atoms with Gasteiger partial charge in [0.05, 0.1) is 112 Å². The molecule has 6 N–H and O–H groups in total. The van der Waals surface area contributed by atoms with Crippen LogP contribution in [0.3, 0.4) is 0 Å². The van der Waals surface area contributed by atoms with E-state index < -0.39 is 18.0 Å². The van der Waals surface area contributed by atoms with Gasteiger partial charge in [-0.15, -0.1) is 0 Å². The predicted molar refractivity (Wildman–Crippen MR) is 235 cm³/mol. The van der Waals surface area contributed by atoms with Crippen LogP contribution in [0, 0.1) is 17.8 Å². The second-order valence-electron chi connectivity index (χ2n) is 15.6. The van der Waals surface area contributed by atoms with Gasteiger partial charge in [-0.2, -0.15) is 0 Å². The maximum Gasteiger partial charge on any atom is 0.312 e. The zero-order chi connectivity index (χ0) is 44.9. The molecule has 1 rings (SSSR count). The van der Waals surface area contributed by atoms with Crippen LogP contribution in [0.15, 0.2) is 24.3 Å². The van der Waals surface area contributed by atoms with Gasteiger partial charge in [0.1, 0.15) is 0 Å². The van der Waals surface area contributed by atoms with E-state index in [0.29, 0.717) is 130 Å². The molecule has 17 heteroatoms. The lowest BCUT2D eigenvalue weighted by atomic mass is 9.89. The zero-order valence-electron chi connectivity index (χ0n) is 37.9. The number of carbonyl (C=O) groups excluding carboxylic acids is 4. The lowest BCUT2D eigenvalue weighted by molar-refractivity contribution is -0.131. The highest BCUT2D eigenvalue weighted by Crippen LogP contribution is 2.20. The van der Waals surface area contributed by atoms with Gasteiger partial charge in [0.15, 0.2) is 5.78 Å². The van der Waals surface area contributed by atoms with E-state index in [-0.39, 0.29) is 49.5 Å². The molecule has 0 saturated heterocycles. The Morgan fingerprint density at radius 1 is 0.607 bits per heavy atom. The molecule has 1 aromatic carbocycles. The zero-order valence-corrected chi connectivity index (χ0v) is 37.9. The van der Waals surface area contributed by atoms with Crippen LogP contribution in [0.25, 0.3) is 0 Å². The molecule has 0 radical (unpaired) electrons. The van der Waals surface area contributed by atoms with Gasteiger partial charge < -0.3 is 64.9 Å². The van der Waals surface area contributed by atoms with Crippen LogP contribution >= 0.6 is 0 Å². The number of Topliss-reactive ketones (excluding diaryl/α,β-unsaturated/α-hetero) is 1. The van der Waals surface area contributed by atoms with Crippen molar-refractivity contribution in [2.45, 2.75) is 85.7 Å². The van der Waals surface area contributed by atoms with Crippen LogP contribution in [-0.4, -0.2) is 155 Å². The number of nitrogens with one attached hydrogen (secondary N) is 4. The molecule has 0 unspecified atom stereocenters. The van der Waals surface area contributed by atoms with Crippen molar-refractivity contribution in [3.63, 3.8) is 0 Å². The monoisotopic (exact) mass is 870 g/mol. The lowest BCUT2D eigenvalue weighted by Gasteiger charge is -2.24. The normalized spacial score (nSPS) is 12.5. The van der Waals surface area contributed by atoms with Crippen molar-refractivity contribution in [1.29, 1.82) is 0 Å². The highest BCUT2D eigenvalue weighted by molar-refractivity contribution is 5.97. The Morgan fingerprint density at radius 3 is 1.49 bits per heavy atom. The van der Waals surface area contributed by atoms with Crippen LogP contribution in [0.1, 0.15) is 72.8 Å². The van der Waals surface area contributed by atoms with Crippen LogP contribution < -0.4 is 27.0 Å². The Kier molecular flexibility index (Phi) is 34.1. The van der Waals surface area contributed by atoms with Crippen LogP contribution in [0.4, 0.5) is 10.5 Å². The smallest absolute Gasteiger partial charge is 0.312 e. The fraction of sp³-hybridized carbons (Fsp3) is 0.773. The first-order valence-electron chi connectivity index (χ1n) is 22.0. The van der Waals surface area contributed by atoms with Gasteiger partial charge in [-0.25, -0.2) is 4.79 Å². The Morgan fingerprint density at radius 2 is 1.07 bits per heavy atom. The molecular formula is C44H79N5O12. The topological polar surface area (TPSA) is 216 Å². The number of urea groups is 1. The number of ether oxygens (including phenoxy) is 8. The number of amides is 4. The van der Waals surface area contributed by atoms with E-state index in [1.165, 1.54) is 5.56 Å². The first kappa shape index (κ1) is 55.8. The van der Waals surface area contributed by atoms with Gasteiger partial charge in [-0.1, -0.05) is 53.7 Å². The fourth-order valence-corrected chi connectivity index (χ4v) is 5.79. The Labute approximate surface area is 364 Å². The number of rotatable bonds is 41. The summed E-state index contributed by atoms with van der Waals surface area (Å²) in [4.78, 5) is 50.8. The number of anilines is 1. The molecule has 0 spiro atoms. The molecule has 0 heterocycles. The van der Waals surface area contributed by atoms with Gasteiger partial charge >= 0.3 is 6.03 Å². The van der Waals surface area contributed by atoms with Gasteiger partial charge in [-0.05, 0) is 48.8 Å². The molecule has 0 bridgehead atoms. The summed E-state index contributed by atoms with van der Waals surface area (Å²) in [6.45, 7) is 20.5. The van der Waals surface area contributed by atoms with Crippen molar-refractivity contribution in [2.75, 3.05) is 124 Å². The molecule has 17 nitrogen and oxygen atoms in total. The third kappa shape index (κ3) is 33.0. The standard InChI is InChI=1S/C44H79N5O12/c1-34(2)32-37-9-11-39(12-10-37)48-43(52)38(8-7-14-47-44(45)53)33-40(50)42(35(3)4)49-41(51)13-16-54-18-20-56-22-24-58-26-28-60-30-31-61-29-27-59-25-23-57-21-19-55-17-15-46-36(5)6/h9-12,34-36,38,42,46H,7-8,13-33H2,1-6H3,(H,48,52)(H,49,51)(H3,45,47,53)/t38-,42+/m1/s1. The molecule has 0 aromatic heterocycles. The second kappa shape index (κ2) is 37.3. The number of primary amides is 1. The molecular weight excluding hydrogens is 791 g/mol. The number of carbonyl (C=O) groups is 4. The number of benzene rings is 1. The first-order chi connectivity index (χ1) is 29.4. The summed E-state index contributed by atoms with van der Waals surface area (Å²) >= 11 is 0. The van der Waals surface area contributed by atoms with Gasteiger partial charge in [0.25, 0.3) is 0 Å². The average Bonchev–Trinajstić information content (AvgIpc) is 3.20. The average molecular weight is 870 g/mol. The molecule has 4 amide bonds. The van der Waals surface area contributed by atoms with Crippen LogP contribution in [0.2, 0.25) is 0 Å². The molecule has 0 saturated carbocycles. The highest BCUT2D eigenvalue weighted by Gasteiger charge is 2.29. The SMILES string of the molecule is CC(C)Cc1ccc(NC(=O)[C@H](CCCNC(N)=O)CC(=O)[C@@H](NC(=O)CCOCCOCCOCCOCCOCCOCCOCCOCCNC(C)C)C(C)C)cc1. The largest absolute Gasteiger partial charge is 0.379 e. The molecule has 0 fully saturated rings. The van der Waals surface area contributed by atoms with Crippen molar-refractivity contribution >= 4 is 29.3 Å². The molecule has 0 aliphatic heterocycles. The van der Waals surface area contributed by atoms with E-state index in [9.17, 15) is 19.2 Å². The first-order valence-corrected chi connectivity index (χ1v) is 22.0. The summed E-state index contributed by atoms with van der Waals surface area (Å²) in [5, 5.41) is 11.6. The molecule has 61 heavy (non-hydrogen) atoms. The minimum Gasteiger partial charge on any atom is -0.379 e. The number of ketones is 1. The summed E-state index contributed by atoms with van der Waals surface area (Å²) in [7, 11) is 0. The van der Waals surface area contributed by atoms with Crippen molar-refractivity contribution in [2.24, 2.45) is 23.5 Å². The third-order valence-corrected chi connectivity index (χ3v) is 8.92. The van der Waals surface area contributed by atoms with Crippen molar-refractivity contribution in [3.05, 3.63) is 29.8 Å². The molecule has 0 aliphatic carbocycles. The highest BCUT2D eigenvalue weighted by atomic mass is 16.6. The maximum atomic E-state index is 13.5. The van der Waals surface area contributed by atoms with E-state index in [1.54, 1.807) is 0 Å². The Hall–Kier alpha value is -3.26. The second-order valence-corrected chi connectivity index (χ2v) is 15.6. The molecule has 1 aromatic rings. The van der Waals surface area contributed by atoms with E-state index >= 15 is 0 Å². The summed E-state index contributed by atoms with van der Waals surface area (Å²) in [5.74, 6) is -1.23. The van der Waals surface area contributed by atoms with E-state index in [2.05, 4.69) is 49.0 Å². The molecule has 0 aliphatic rings. The van der Waals surface area contributed by atoms with E-state index in [4.69, 9.17) is 43.6 Å². The lowest BCUT2D eigenvalue weighted by Crippen LogP contribution is -2.45. The minimum atomic E-state index is -0.774. The Bertz CT molecular complexity index is 1270. The molecule has 352 valence electrons. The summed E-state index contributed by atoms with van der Waals surface area (Å²) < 4.78 is 44.0. The maximum absolute atomic E-state index is 13.5. The molecule has 2 atom stereocenters. The number of hydrogen-bond donors (Lipinski definition) is 5. The Balaban J connectivity index is 2.15. The van der Waals surface area contributed by atoms with Crippen molar-refractivity contribution < 1.29 is 57.1 Å². The minimum absolute atomic E-state index is 0.0670.